The Hall–Kier alpha value is -2.34. The lowest BCUT2D eigenvalue weighted by Crippen LogP contribution is -2.33. The zero-order valence-electron chi connectivity index (χ0n) is 13.5. The molecular formula is C10H16N5O12P. The zero-order chi connectivity index (χ0) is 17.5. The number of ether oxygens (including phenoxy) is 1. The van der Waals surface area contributed by atoms with E-state index in [1.165, 1.54) is 0 Å². The minimum atomic E-state index is -4.17. The molecule has 0 aliphatic carbocycles. The van der Waals surface area contributed by atoms with Crippen molar-refractivity contribution < 1.29 is 54.8 Å². The fourth-order valence-electron chi connectivity index (χ4n) is 2.91. The second-order valence-electron chi connectivity index (χ2n) is 5.51. The maximum absolute atomic E-state index is 12.4. The molecule has 2 aromatic rings. The summed E-state index contributed by atoms with van der Waals surface area (Å²) < 4.78 is 34.8. The number of nitrogens with zero attached hydrogens (tertiary/aromatic N) is 4. The lowest BCUT2D eigenvalue weighted by molar-refractivity contribution is -0.0528. The van der Waals surface area contributed by atoms with Gasteiger partial charge in [-0.3, -0.25) is 9.42 Å². The topological polar surface area (TPSA) is 274 Å². The van der Waals surface area contributed by atoms with Crippen molar-refractivity contribution in [2.75, 3.05) is 12.1 Å². The molecule has 3 aliphatic heterocycles. The number of hydrogen-bond donors (Lipinski definition) is 4. The Morgan fingerprint density at radius 2 is 1.89 bits per heavy atom. The number of aliphatic hydroxyl groups excluding tert-OH is 3. The molecule has 17 nitrogen and oxygen atoms in total. The smallest absolute Gasteiger partial charge is 0.412 e. The molecule has 0 spiro atoms. The highest BCUT2D eigenvalue weighted by atomic mass is 31.2. The third-order valence-electron chi connectivity index (χ3n) is 4.04. The maximum atomic E-state index is 12.4. The number of aliphatic hydroxyl groups is 3. The highest BCUT2D eigenvalue weighted by Crippen LogP contribution is 2.52. The Morgan fingerprint density at radius 1 is 1.18 bits per heavy atom. The largest absolute Gasteiger partial charge is 0.632 e. The Morgan fingerprint density at radius 3 is 2.54 bits per heavy atom. The average Bonchev–Trinajstić information content (AvgIpc) is 3.04. The molecule has 18 heteroatoms. The molecule has 5 atom stereocenters. The van der Waals surface area contributed by atoms with Gasteiger partial charge in [0.15, 0.2) is 17.4 Å². The van der Waals surface area contributed by atoms with Crippen molar-refractivity contribution >= 4 is 24.9 Å². The van der Waals surface area contributed by atoms with Crippen molar-refractivity contribution in [2.45, 2.75) is 24.5 Å². The predicted molar refractivity (Wildman–Crippen MR) is 85.2 cm³/mol. The highest BCUT2D eigenvalue weighted by molar-refractivity contribution is 7.49. The number of hydrogen-bond acceptors (Lipinski definition) is 12. The summed E-state index contributed by atoms with van der Waals surface area (Å²) in [6, 6.07) is -0.404. The Labute approximate surface area is 153 Å². The molecule has 2 aromatic heterocycles. The van der Waals surface area contributed by atoms with Crippen LogP contribution < -0.4 is 20.2 Å². The molecule has 5 unspecified atom stereocenters. The number of rotatable bonds is 2. The van der Waals surface area contributed by atoms with Gasteiger partial charge in [0.2, 0.25) is 0 Å². The van der Waals surface area contributed by atoms with Crippen molar-refractivity contribution in [1.82, 2.24) is 19.3 Å². The normalized spacial score (nSPS) is 31.7. The van der Waals surface area contributed by atoms with Crippen LogP contribution in [-0.4, -0.2) is 75.9 Å². The van der Waals surface area contributed by atoms with Gasteiger partial charge in [0.05, 0.1) is 6.61 Å². The van der Waals surface area contributed by atoms with E-state index in [2.05, 4.69) is 15.4 Å². The van der Waals surface area contributed by atoms with Crippen LogP contribution in [0.15, 0.2) is 4.79 Å². The van der Waals surface area contributed by atoms with Gasteiger partial charge in [0.25, 0.3) is 5.95 Å². The fraction of sp³-hybridized carbons (Fsp3) is 0.500. The van der Waals surface area contributed by atoms with Crippen LogP contribution >= 0.6 is 7.82 Å². The summed E-state index contributed by atoms with van der Waals surface area (Å²) in [5, 5.41) is 29.5. The molecule has 0 aromatic carbocycles. The SMILES string of the molecule is O.O.O.O=c1nc2n3c4c1nc(n4C1OC(CO)C(O)C1O)OP(=O)(ON2)O3. The Kier molecular flexibility index (Phi) is 5.43. The van der Waals surface area contributed by atoms with E-state index in [1.54, 1.807) is 0 Å². The number of imidazole rings is 1. The van der Waals surface area contributed by atoms with E-state index in [4.69, 9.17) is 18.5 Å². The number of fused-ring (bicyclic) bond motifs is 2. The summed E-state index contributed by atoms with van der Waals surface area (Å²) in [5.41, 5.74) is 1.14. The van der Waals surface area contributed by atoms with Gasteiger partial charge in [0, 0.05) is 0 Å². The van der Waals surface area contributed by atoms with Crippen LogP contribution in [-0.2, 0) is 13.9 Å². The first-order chi connectivity index (χ1) is 11.9. The van der Waals surface area contributed by atoms with Crippen LogP contribution in [0.1, 0.15) is 6.23 Å². The van der Waals surface area contributed by atoms with Crippen LogP contribution in [0.4, 0.5) is 5.95 Å². The first-order valence-electron chi connectivity index (χ1n) is 7.03. The second kappa shape index (κ2) is 6.92. The molecule has 5 heterocycles. The predicted octanol–water partition coefficient (Wildman–Crippen LogP) is -4.98. The van der Waals surface area contributed by atoms with E-state index in [9.17, 15) is 24.7 Å². The number of anilines is 1. The van der Waals surface area contributed by atoms with Crippen molar-refractivity contribution in [3.05, 3.63) is 10.4 Å². The number of phosphoric acid groups is 1. The van der Waals surface area contributed by atoms with E-state index in [0.29, 0.717) is 0 Å². The second-order valence-corrected chi connectivity index (χ2v) is 6.94. The summed E-state index contributed by atoms with van der Waals surface area (Å²) in [4.78, 5) is 19.7. The lowest BCUT2D eigenvalue weighted by atomic mass is 10.1. The molecule has 3 aliphatic rings. The summed E-state index contributed by atoms with van der Waals surface area (Å²) >= 11 is 0. The molecule has 10 N–H and O–H groups in total. The van der Waals surface area contributed by atoms with E-state index >= 15 is 0 Å². The molecule has 5 rings (SSSR count). The summed E-state index contributed by atoms with van der Waals surface area (Å²) in [6.07, 6.45) is -5.29. The van der Waals surface area contributed by atoms with Gasteiger partial charge in [-0.25, -0.2) is 14.6 Å². The third kappa shape index (κ3) is 2.65. The fourth-order valence-corrected chi connectivity index (χ4v) is 3.89. The summed E-state index contributed by atoms with van der Waals surface area (Å²) in [5.74, 6) is -0.228. The average molecular weight is 429 g/mol. The zero-order valence-corrected chi connectivity index (χ0v) is 14.4. The van der Waals surface area contributed by atoms with Crippen molar-refractivity contribution in [1.29, 1.82) is 0 Å². The van der Waals surface area contributed by atoms with Crippen LogP contribution in [0.2, 0.25) is 0 Å². The van der Waals surface area contributed by atoms with Gasteiger partial charge in [-0.05, 0) is 0 Å². The third-order valence-corrected chi connectivity index (χ3v) is 5.11. The molecule has 0 radical (unpaired) electrons. The van der Waals surface area contributed by atoms with Crippen LogP contribution in [0, 0.1) is 0 Å². The van der Waals surface area contributed by atoms with Crippen molar-refractivity contribution in [2.24, 2.45) is 0 Å². The molecule has 1 fully saturated rings. The highest BCUT2D eigenvalue weighted by Gasteiger charge is 2.50. The molecule has 1 saturated heterocycles. The van der Waals surface area contributed by atoms with E-state index in [-0.39, 0.29) is 33.5 Å². The van der Waals surface area contributed by atoms with Gasteiger partial charge in [0.1, 0.15) is 18.3 Å². The Bertz CT molecular complexity index is 1010. The standard InChI is InChI=1S/C10H10N5O9P.3H2O/c16-1-2-4(17)5(18)8(21-2)14-7-3-6(19)12-9-13-23-25(20,24-15(7)9)22-10(14)11-3;;;/h2,4-5,8,16-18H,1H2,(H,12,13,19);3*1H2. The van der Waals surface area contributed by atoms with Crippen LogP contribution in [0.3, 0.4) is 0 Å². The maximum Gasteiger partial charge on any atom is 0.632 e. The van der Waals surface area contributed by atoms with Crippen molar-refractivity contribution in [3.63, 3.8) is 0 Å². The minimum Gasteiger partial charge on any atom is -0.412 e. The van der Waals surface area contributed by atoms with E-state index < -0.39 is 50.5 Å². The number of nitrogens with one attached hydrogen (secondary N) is 1. The first-order valence-corrected chi connectivity index (χ1v) is 8.50. The number of aromatic nitrogens is 4. The van der Waals surface area contributed by atoms with Gasteiger partial charge in [-0.15, -0.1) is 9.35 Å². The molecule has 4 bridgehead atoms. The minimum absolute atomic E-state index is 0. The molecule has 158 valence electrons. The van der Waals surface area contributed by atoms with Crippen molar-refractivity contribution in [3.8, 4) is 6.01 Å². The van der Waals surface area contributed by atoms with Gasteiger partial charge in [-0.2, -0.15) is 9.97 Å². The quantitative estimate of drug-likeness (QED) is 0.327. The molecule has 0 saturated carbocycles. The summed E-state index contributed by atoms with van der Waals surface area (Å²) in [7, 11) is -4.17. The lowest BCUT2D eigenvalue weighted by Gasteiger charge is -2.23. The van der Waals surface area contributed by atoms with Crippen LogP contribution in [0.25, 0.3) is 11.2 Å². The van der Waals surface area contributed by atoms with Gasteiger partial charge in [-0.1, -0.05) is 0 Å². The molecular weight excluding hydrogens is 413 g/mol. The van der Waals surface area contributed by atoms with Crippen LogP contribution in [0.5, 0.6) is 6.01 Å². The van der Waals surface area contributed by atoms with E-state index in [1.807, 2.05) is 0 Å². The van der Waals surface area contributed by atoms with Gasteiger partial charge >= 0.3 is 19.4 Å². The summed E-state index contributed by atoms with van der Waals surface area (Å²) in [6.45, 7) is -0.559. The Balaban J connectivity index is 0.000000934. The monoisotopic (exact) mass is 429 g/mol. The van der Waals surface area contributed by atoms with Gasteiger partial charge < -0.3 is 41.0 Å². The molecule has 28 heavy (non-hydrogen) atoms. The van der Waals surface area contributed by atoms with E-state index in [0.717, 1.165) is 9.30 Å². The first kappa shape index (κ1) is 22.0. The molecule has 0 amide bonds.